The molecule has 1 saturated carbocycles. The lowest BCUT2D eigenvalue weighted by Crippen LogP contribution is -2.54. The molecule has 0 unspecified atom stereocenters. The molecule has 0 aromatic carbocycles. The minimum atomic E-state index is -0.547. The van der Waals surface area contributed by atoms with Crippen LogP contribution in [-0.4, -0.2) is 17.0 Å². The highest BCUT2D eigenvalue weighted by atomic mass is 16.5. The molecule has 90 valence electrons. The first kappa shape index (κ1) is 11.8. The van der Waals surface area contributed by atoms with Crippen molar-refractivity contribution >= 4 is 5.78 Å². The van der Waals surface area contributed by atoms with Crippen molar-refractivity contribution in [1.29, 1.82) is 0 Å². The zero-order valence-corrected chi connectivity index (χ0v) is 10.6. The van der Waals surface area contributed by atoms with Gasteiger partial charge in [-0.3, -0.25) is 4.79 Å². The van der Waals surface area contributed by atoms with Crippen molar-refractivity contribution in [3.63, 3.8) is 0 Å². The molecule has 16 heavy (non-hydrogen) atoms. The van der Waals surface area contributed by atoms with Crippen LogP contribution in [0.15, 0.2) is 12.7 Å². The van der Waals surface area contributed by atoms with Gasteiger partial charge in [0.25, 0.3) is 0 Å². The minimum Gasteiger partial charge on any atom is -0.356 e. The molecule has 0 N–H and O–H groups in total. The molecular formula is C14H22O2. The molecule has 0 radical (unpaired) electrons. The summed E-state index contributed by atoms with van der Waals surface area (Å²) in [6.07, 6.45) is 6.36. The van der Waals surface area contributed by atoms with Crippen LogP contribution in [0.25, 0.3) is 0 Å². The van der Waals surface area contributed by atoms with Crippen molar-refractivity contribution in [3.05, 3.63) is 12.7 Å². The largest absolute Gasteiger partial charge is 0.356 e. The van der Waals surface area contributed by atoms with Crippen LogP contribution in [0.4, 0.5) is 0 Å². The summed E-state index contributed by atoms with van der Waals surface area (Å²) < 4.78 is 6.19. The van der Waals surface area contributed by atoms with Gasteiger partial charge in [0.1, 0.15) is 5.60 Å². The summed E-state index contributed by atoms with van der Waals surface area (Å²) in [5.41, 5.74) is -0.901. The smallest absolute Gasteiger partial charge is 0.165 e. The number of carbonyl (C=O) groups excluding carboxylic acids is 1. The van der Waals surface area contributed by atoms with E-state index in [1.165, 1.54) is 0 Å². The van der Waals surface area contributed by atoms with Crippen LogP contribution in [0.5, 0.6) is 0 Å². The van der Waals surface area contributed by atoms with Crippen LogP contribution in [0.2, 0.25) is 0 Å². The maximum atomic E-state index is 12.3. The molecule has 2 aliphatic rings. The van der Waals surface area contributed by atoms with E-state index in [0.29, 0.717) is 12.2 Å². The van der Waals surface area contributed by atoms with Gasteiger partial charge in [0, 0.05) is 11.8 Å². The van der Waals surface area contributed by atoms with E-state index >= 15 is 0 Å². The lowest BCUT2D eigenvalue weighted by Gasteiger charge is -2.46. The van der Waals surface area contributed by atoms with Crippen molar-refractivity contribution in [2.75, 3.05) is 0 Å². The molecule has 2 fully saturated rings. The maximum absolute atomic E-state index is 12.3. The van der Waals surface area contributed by atoms with Crippen LogP contribution in [0.1, 0.15) is 52.9 Å². The first-order valence-electron chi connectivity index (χ1n) is 6.22. The number of Topliss-reactive ketones (excluding diaryl/α,β-unsaturated/α-hetero) is 1. The third-order valence-electron chi connectivity index (χ3n) is 4.56. The number of hydrogen-bond acceptors (Lipinski definition) is 2. The van der Waals surface area contributed by atoms with Crippen molar-refractivity contribution in [2.24, 2.45) is 5.41 Å². The summed E-state index contributed by atoms with van der Waals surface area (Å²) in [7, 11) is 0. The summed E-state index contributed by atoms with van der Waals surface area (Å²) >= 11 is 0. The Labute approximate surface area is 98.1 Å². The van der Waals surface area contributed by atoms with Gasteiger partial charge in [-0.1, -0.05) is 19.9 Å². The number of hydrogen-bond donors (Lipinski definition) is 0. The Morgan fingerprint density at radius 2 is 1.94 bits per heavy atom. The fourth-order valence-electron chi connectivity index (χ4n) is 3.21. The summed E-state index contributed by atoms with van der Waals surface area (Å²) in [4.78, 5) is 12.3. The summed E-state index contributed by atoms with van der Waals surface area (Å²) in [5.74, 6) is 0.300. The standard InChI is InChI=1S/C14H22O2/c1-5-13(4)9-10-14(16-13)11(15)7-6-8-12(14,2)3/h5H,1,6-10H2,2-4H3/t13-,14+/m0/s1. The molecule has 2 atom stereocenters. The van der Waals surface area contributed by atoms with E-state index in [4.69, 9.17) is 4.74 Å². The second-order valence-corrected chi connectivity index (χ2v) is 6.11. The number of carbonyl (C=O) groups is 1. The van der Waals surface area contributed by atoms with Crippen LogP contribution in [0, 0.1) is 5.41 Å². The lowest BCUT2D eigenvalue weighted by molar-refractivity contribution is -0.175. The summed E-state index contributed by atoms with van der Waals surface area (Å²) in [5, 5.41) is 0. The zero-order chi connectivity index (χ0) is 12.0. The van der Waals surface area contributed by atoms with E-state index in [-0.39, 0.29) is 11.0 Å². The predicted octanol–water partition coefficient (Wildman–Crippen LogP) is 3.26. The van der Waals surface area contributed by atoms with Gasteiger partial charge in [-0.05, 0) is 32.6 Å². The first-order chi connectivity index (χ1) is 7.35. The first-order valence-corrected chi connectivity index (χ1v) is 6.22. The topological polar surface area (TPSA) is 26.3 Å². The Bertz CT molecular complexity index is 332. The number of ether oxygens (including phenoxy) is 1. The number of rotatable bonds is 1. The Morgan fingerprint density at radius 3 is 2.44 bits per heavy atom. The average molecular weight is 222 g/mol. The van der Waals surface area contributed by atoms with Crippen LogP contribution < -0.4 is 0 Å². The minimum absolute atomic E-state index is 0.0386. The summed E-state index contributed by atoms with van der Waals surface area (Å²) in [6.45, 7) is 10.2. The second kappa shape index (κ2) is 3.43. The van der Waals surface area contributed by atoms with Gasteiger partial charge in [-0.15, -0.1) is 6.58 Å². The molecule has 0 amide bonds. The Morgan fingerprint density at radius 1 is 1.25 bits per heavy atom. The number of ketones is 1. The highest BCUT2D eigenvalue weighted by molar-refractivity contribution is 5.89. The molecule has 1 heterocycles. The molecule has 2 nitrogen and oxygen atoms in total. The normalized spacial score (nSPS) is 42.6. The Hall–Kier alpha value is -0.630. The molecule has 1 spiro atoms. The van der Waals surface area contributed by atoms with E-state index in [1.54, 1.807) is 0 Å². The Kier molecular flexibility index (Phi) is 2.54. The molecule has 0 aromatic heterocycles. The van der Waals surface area contributed by atoms with Gasteiger partial charge in [-0.2, -0.15) is 0 Å². The van der Waals surface area contributed by atoms with Crippen molar-refractivity contribution in [1.82, 2.24) is 0 Å². The van der Waals surface area contributed by atoms with Gasteiger partial charge < -0.3 is 4.74 Å². The predicted molar refractivity (Wildman–Crippen MR) is 64.3 cm³/mol. The van der Waals surface area contributed by atoms with E-state index < -0.39 is 5.60 Å². The van der Waals surface area contributed by atoms with Crippen molar-refractivity contribution in [3.8, 4) is 0 Å². The van der Waals surface area contributed by atoms with E-state index in [0.717, 1.165) is 25.7 Å². The summed E-state index contributed by atoms with van der Waals surface area (Å²) in [6, 6.07) is 0. The van der Waals surface area contributed by atoms with Crippen LogP contribution in [-0.2, 0) is 9.53 Å². The van der Waals surface area contributed by atoms with E-state index in [9.17, 15) is 4.79 Å². The third-order valence-corrected chi connectivity index (χ3v) is 4.56. The molecule has 1 saturated heterocycles. The van der Waals surface area contributed by atoms with Gasteiger partial charge in [0.2, 0.25) is 0 Å². The molecule has 1 aliphatic heterocycles. The SMILES string of the molecule is C=C[C@@]1(C)CC[C@@]2(O1)C(=O)CCCC2(C)C. The lowest BCUT2D eigenvalue weighted by atomic mass is 9.63. The molecule has 2 rings (SSSR count). The van der Waals surface area contributed by atoms with Gasteiger partial charge in [-0.25, -0.2) is 0 Å². The zero-order valence-electron chi connectivity index (χ0n) is 10.6. The van der Waals surface area contributed by atoms with Crippen LogP contribution in [0.3, 0.4) is 0 Å². The third kappa shape index (κ3) is 1.46. The quantitative estimate of drug-likeness (QED) is 0.636. The average Bonchev–Trinajstić information content (AvgIpc) is 2.57. The molecule has 0 aromatic rings. The highest BCUT2D eigenvalue weighted by Crippen LogP contribution is 2.53. The second-order valence-electron chi connectivity index (χ2n) is 6.11. The monoisotopic (exact) mass is 222 g/mol. The Balaban J connectivity index is 2.36. The molecule has 1 aliphatic carbocycles. The fourth-order valence-corrected chi connectivity index (χ4v) is 3.21. The van der Waals surface area contributed by atoms with Crippen molar-refractivity contribution < 1.29 is 9.53 Å². The van der Waals surface area contributed by atoms with Gasteiger partial charge in [0.15, 0.2) is 5.78 Å². The van der Waals surface area contributed by atoms with Crippen molar-refractivity contribution in [2.45, 2.75) is 64.1 Å². The van der Waals surface area contributed by atoms with E-state index in [1.807, 2.05) is 13.0 Å². The maximum Gasteiger partial charge on any atom is 0.165 e. The van der Waals surface area contributed by atoms with Gasteiger partial charge >= 0.3 is 0 Å². The highest BCUT2D eigenvalue weighted by Gasteiger charge is 2.59. The molecule has 0 bridgehead atoms. The molecular weight excluding hydrogens is 200 g/mol. The van der Waals surface area contributed by atoms with Crippen LogP contribution >= 0.6 is 0 Å². The fraction of sp³-hybridized carbons (Fsp3) is 0.786. The van der Waals surface area contributed by atoms with Gasteiger partial charge in [0.05, 0.1) is 5.60 Å². The van der Waals surface area contributed by atoms with E-state index in [2.05, 4.69) is 20.4 Å². The molecule has 2 heteroatoms.